The number of thioether (sulfide) groups is 1. The lowest BCUT2D eigenvalue weighted by Gasteiger charge is -2.23. The van der Waals surface area contributed by atoms with E-state index in [0.717, 1.165) is 17.3 Å². The van der Waals surface area contributed by atoms with E-state index >= 15 is 0 Å². The zero-order valence-electron chi connectivity index (χ0n) is 19.4. The number of amides is 1. The maximum atomic E-state index is 12.8. The van der Waals surface area contributed by atoms with Crippen LogP contribution >= 0.6 is 11.8 Å². The van der Waals surface area contributed by atoms with Crippen LogP contribution in [0.2, 0.25) is 0 Å². The Balaban J connectivity index is 1.57. The predicted octanol–water partition coefficient (Wildman–Crippen LogP) is 4.10. The van der Waals surface area contributed by atoms with Crippen molar-refractivity contribution in [1.29, 1.82) is 0 Å². The molecule has 0 aromatic heterocycles. The lowest BCUT2D eigenvalue weighted by atomic mass is 10.1. The minimum atomic E-state index is -0.622. The van der Waals surface area contributed by atoms with Gasteiger partial charge in [0, 0.05) is 36.9 Å². The topological polar surface area (TPSA) is 125 Å². The van der Waals surface area contributed by atoms with Crippen LogP contribution in [-0.2, 0) is 32.3 Å². The smallest absolute Gasteiger partial charge is 0.410 e. The minimum absolute atomic E-state index is 0.0300. The Labute approximate surface area is 206 Å². The van der Waals surface area contributed by atoms with E-state index in [9.17, 15) is 24.5 Å². The van der Waals surface area contributed by atoms with Gasteiger partial charge in [0.05, 0.1) is 18.5 Å². The highest BCUT2D eigenvalue weighted by atomic mass is 32.2. The van der Waals surface area contributed by atoms with Gasteiger partial charge in [0.15, 0.2) is 5.12 Å². The molecule has 0 aliphatic carbocycles. The number of methoxy groups -OCH3 is 1. The molecule has 1 heterocycles. The maximum absolute atomic E-state index is 12.8. The number of nitro benzene ring substituents is 1. The van der Waals surface area contributed by atoms with Gasteiger partial charge in [-0.05, 0) is 41.8 Å². The molecule has 11 heteroatoms. The van der Waals surface area contributed by atoms with E-state index in [2.05, 4.69) is 0 Å². The molecule has 1 aliphatic rings. The lowest BCUT2D eigenvalue weighted by Crippen LogP contribution is -2.37. The highest BCUT2D eigenvalue weighted by molar-refractivity contribution is 8.14. The number of carbonyl (C=O) groups is 3. The Bertz CT molecular complexity index is 1060. The number of likely N-dealkylation sites (tertiary alicyclic amines) is 1. The summed E-state index contributed by atoms with van der Waals surface area (Å²) in [5, 5.41) is 10.6. The van der Waals surface area contributed by atoms with Crippen LogP contribution in [-0.4, -0.2) is 51.9 Å². The number of esters is 1. The zero-order valence-corrected chi connectivity index (χ0v) is 20.2. The molecule has 0 saturated carbocycles. The van der Waals surface area contributed by atoms with Crippen molar-refractivity contribution in [3.63, 3.8) is 0 Å². The van der Waals surface area contributed by atoms with E-state index in [1.807, 2.05) is 0 Å². The minimum Gasteiger partial charge on any atom is -0.497 e. The number of hydrogen-bond acceptors (Lipinski definition) is 9. The van der Waals surface area contributed by atoms with Gasteiger partial charge < -0.3 is 19.1 Å². The van der Waals surface area contributed by atoms with Gasteiger partial charge in [-0.25, -0.2) is 4.79 Å². The first-order chi connectivity index (χ1) is 16.7. The molecule has 2 aromatic carbocycles. The number of nitrogens with zero attached hydrogens (tertiary/aromatic N) is 2. The Hall–Kier alpha value is -3.60. The summed E-state index contributed by atoms with van der Waals surface area (Å²) in [5.74, 6) is 0.232. The summed E-state index contributed by atoms with van der Waals surface area (Å²) in [7, 11) is 1.57. The van der Waals surface area contributed by atoms with Crippen LogP contribution in [0.25, 0.3) is 0 Å². The second-order valence-corrected chi connectivity index (χ2v) is 9.44. The lowest BCUT2D eigenvalue weighted by molar-refractivity contribution is -0.384. The number of nitro groups is 1. The van der Waals surface area contributed by atoms with Crippen LogP contribution in [0.3, 0.4) is 0 Å². The molecule has 1 saturated heterocycles. The van der Waals surface area contributed by atoms with Crippen molar-refractivity contribution in [3.05, 3.63) is 69.8 Å². The molecule has 0 spiro atoms. The summed E-state index contributed by atoms with van der Waals surface area (Å²) in [6.45, 7) is 1.73. The second kappa shape index (κ2) is 12.2. The van der Waals surface area contributed by atoms with Gasteiger partial charge in [0.1, 0.15) is 19.0 Å². The molecule has 186 valence electrons. The molecule has 2 aromatic rings. The van der Waals surface area contributed by atoms with Crippen LogP contribution in [0.1, 0.15) is 30.9 Å². The maximum Gasteiger partial charge on any atom is 0.410 e. The average Bonchev–Trinajstić information content (AvgIpc) is 3.23. The fourth-order valence-corrected chi connectivity index (χ4v) is 4.71. The largest absolute Gasteiger partial charge is 0.497 e. The molecular weight excluding hydrogens is 476 g/mol. The summed E-state index contributed by atoms with van der Waals surface area (Å²) in [4.78, 5) is 48.6. The van der Waals surface area contributed by atoms with Gasteiger partial charge in [-0.15, -0.1) is 0 Å². The van der Waals surface area contributed by atoms with Crippen LogP contribution < -0.4 is 4.74 Å². The monoisotopic (exact) mass is 502 g/mol. The molecule has 2 atom stereocenters. The fraction of sp³-hybridized carbons (Fsp3) is 0.375. The summed E-state index contributed by atoms with van der Waals surface area (Å²) in [6, 6.07) is 12.3. The zero-order chi connectivity index (χ0) is 25.4. The SMILES string of the molecule is COc1ccc(COC(=O)C[C@@H]2C[C@H](SC(C)=O)CN2C(=O)OCc2ccc([N+](=O)[O-])cc2)cc1. The number of non-ortho nitro benzene ring substituents is 1. The quantitative estimate of drug-likeness (QED) is 0.283. The van der Waals surface area contributed by atoms with E-state index in [-0.39, 0.29) is 42.2 Å². The van der Waals surface area contributed by atoms with Gasteiger partial charge in [-0.3, -0.25) is 19.7 Å². The van der Waals surface area contributed by atoms with Gasteiger partial charge in [0.2, 0.25) is 0 Å². The fourth-order valence-electron chi connectivity index (χ4n) is 3.69. The van der Waals surface area contributed by atoms with Gasteiger partial charge >= 0.3 is 12.1 Å². The Morgan fingerprint density at radius 3 is 2.20 bits per heavy atom. The number of carbonyl (C=O) groups excluding carboxylic acids is 3. The van der Waals surface area contributed by atoms with Crippen molar-refractivity contribution < 1.29 is 33.5 Å². The molecule has 35 heavy (non-hydrogen) atoms. The van der Waals surface area contributed by atoms with Crippen molar-refractivity contribution in [3.8, 4) is 5.75 Å². The number of hydrogen-bond donors (Lipinski definition) is 0. The molecule has 1 aliphatic heterocycles. The first kappa shape index (κ1) is 26.0. The molecule has 1 fully saturated rings. The van der Waals surface area contributed by atoms with Gasteiger partial charge in [-0.2, -0.15) is 0 Å². The predicted molar refractivity (Wildman–Crippen MR) is 128 cm³/mol. The number of rotatable bonds is 9. The molecule has 0 N–H and O–H groups in total. The van der Waals surface area contributed by atoms with Crippen LogP contribution in [0.15, 0.2) is 48.5 Å². The Morgan fingerprint density at radius 1 is 1.03 bits per heavy atom. The highest BCUT2D eigenvalue weighted by Gasteiger charge is 2.38. The summed E-state index contributed by atoms with van der Waals surface area (Å²) in [6.07, 6.45) is -0.199. The summed E-state index contributed by atoms with van der Waals surface area (Å²) in [5.41, 5.74) is 1.33. The van der Waals surface area contributed by atoms with Gasteiger partial charge in [-0.1, -0.05) is 23.9 Å². The molecule has 10 nitrogen and oxygen atoms in total. The molecule has 1 amide bonds. The van der Waals surface area contributed by atoms with E-state index in [4.69, 9.17) is 14.2 Å². The van der Waals surface area contributed by atoms with E-state index < -0.39 is 23.0 Å². The van der Waals surface area contributed by atoms with Crippen molar-refractivity contribution >= 4 is 34.6 Å². The van der Waals surface area contributed by atoms with Crippen LogP contribution in [0.5, 0.6) is 5.75 Å². The molecule has 0 radical (unpaired) electrons. The average molecular weight is 503 g/mol. The molecule has 0 bridgehead atoms. The first-order valence-corrected chi connectivity index (χ1v) is 11.8. The second-order valence-electron chi connectivity index (χ2n) is 7.96. The van der Waals surface area contributed by atoms with Crippen molar-refractivity contribution in [2.75, 3.05) is 13.7 Å². The number of benzene rings is 2. The van der Waals surface area contributed by atoms with E-state index in [1.165, 1.54) is 36.1 Å². The normalized spacial score (nSPS) is 17.0. The highest BCUT2D eigenvalue weighted by Crippen LogP contribution is 2.31. The molecule has 0 unspecified atom stereocenters. The Kier molecular flexibility index (Phi) is 9.07. The van der Waals surface area contributed by atoms with Gasteiger partial charge in [0.25, 0.3) is 5.69 Å². The standard InChI is InChI=1S/C24H26N2O8S/c1-16(27)35-22-11-20(12-23(28)33-14-18-5-9-21(32-2)10-6-18)25(13-22)24(29)34-15-17-3-7-19(8-4-17)26(30)31/h3-10,20,22H,11-15H2,1-2H3/t20-,22-/m0/s1. The summed E-state index contributed by atoms with van der Waals surface area (Å²) >= 11 is 1.13. The van der Waals surface area contributed by atoms with Crippen molar-refractivity contribution in [1.82, 2.24) is 4.90 Å². The third-order valence-corrected chi connectivity index (χ3v) is 6.42. The van der Waals surface area contributed by atoms with Crippen LogP contribution in [0.4, 0.5) is 10.5 Å². The molecular formula is C24H26N2O8S. The number of ether oxygens (including phenoxy) is 3. The molecule has 3 rings (SSSR count). The van der Waals surface area contributed by atoms with E-state index in [0.29, 0.717) is 17.7 Å². The van der Waals surface area contributed by atoms with Crippen molar-refractivity contribution in [2.45, 2.75) is 44.3 Å². The first-order valence-electron chi connectivity index (χ1n) is 10.9. The van der Waals surface area contributed by atoms with E-state index in [1.54, 1.807) is 31.4 Å². The third-order valence-electron chi connectivity index (χ3n) is 5.41. The third kappa shape index (κ3) is 7.71. The van der Waals surface area contributed by atoms with Crippen molar-refractivity contribution in [2.24, 2.45) is 0 Å². The van der Waals surface area contributed by atoms with Crippen LogP contribution in [0, 0.1) is 10.1 Å². The Morgan fingerprint density at radius 2 is 1.63 bits per heavy atom. The summed E-state index contributed by atoms with van der Waals surface area (Å²) < 4.78 is 15.9.